The molecule has 0 atom stereocenters. The van der Waals surface area contributed by atoms with Gasteiger partial charge in [-0.2, -0.15) is 0 Å². The van der Waals surface area contributed by atoms with Crippen molar-refractivity contribution in [3.05, 3.63) is 46.4 Å². The Bertz CT molecular complexity index is 814. The smallest absolute Gasteiger partial charge is 0.266 e. The highest BCUT2D eigenvalue weighted by atomic mass is 32.2. The summed E-state index contributed by atoms with van der Waals surface area (Å²) in [6.07, 6.45) is 5.22. The van der Waals surface area contributed by atoms with Gasteiger partial charge in [0.1, 0.15) is 4.32 Å². The van der Waals surface area contributed by atoms with Crippen molar-refractivity contribution in [3.63, 3.8) is 0 Å². The number of hydrogen-bond acceptors (Lipinski definition) is 5. The zero-order valence-electron chi connectivity index (χ0n) is 16.3. The lowest BCUT2D eigenvalue weighted by Crippen LogP contribution is -2.27. The van der Waals surface area contributed by atoms with Gasteiger partial charge in [-0.1, -0.05) is 73.6 Å². The van der Waals surface area contributed by atoms with E-state index in [2.05, 4.69) is 54.9 Å². The molecule has 144 valence electrons. The van der Waals surface area contributed by atoms with Crippen molar-refractivity contribution < 1.29 is 4.79 Å². The van der Waals surface area contributed by atoms with Gasteiger partial charge in [0.15, 0.2) is 0 Å². The molecular weight excluding hydrogens is 409 g/mol. The second-order valence-electron chi connectivity index (χ2n) is 7.84. The average molecular weight is 435 g/mol. The van der Waals surface area contributed by atoms with E-state index in [1.165, 1.54) is 39.8 Å². The number of nitrogens with zero attached hydrogens (tertiary/aromatic N) is 2. The fraction of sp³-hybridized carbons (Fsp3) is 0.400. The first kappa shape index (κ1) is 20.7. The van der Waals surface area contributed by atoms with Crippen LogP contribution in [0.5, 0.6) is 0 Å². The summed E-state index contributed by atoms with van der Waals surface area (Å²) < 4.78 is 0.654. The van der Waals surface area contributed by atoms with Crippen molar-refractivity contribution in [1.29, 1.82) is 0 Å². The number of carbonyl (C=O) groups is 1. The van der Waals surface area contributed by atoms with Gasteiger partial charge in [-0.3, -0.25) is 9.69 Å². The Labute approximate surface area is 177 Å². The number of rotatable bonds is 6. The molecule has 2 aliphatic rings. The van der Waals surface area contributed by atoms with Crippen LogP contribution in [0.15, 0.2) is 51.2 Å². The maximum atomic E-state index is 12.4. The Morgan fingerprint density at radius 2 is 1.85 bits per heavy atom. The Hall–Kier alpha value is -1.02. The van der Waals surface area contributed by atoms with E-state index < -0.39 is 8.07 Å². The molecule has 1 amide bonds. The summed E-state index contributed by atoms with van der Waals surface area (Å²) in [6.45, 7) is 10.9. The Morgan fingerprint density at radius 3 is 2.52 bits per heavy atom. The number of carbonyl (C=O) groups excluding carboxylic acids is 1. The van der Waals surface area contributed by atoms with Crippen LogP contribution in [-0.4, -0.2) is 36.3 Å². The second kappa shape index (κ2) is 8.55. The van der Waals surface area contributed by atoms with Crippen LogP contribution < -0.4 is 4.90 Å². The number of anilines is 1. The number of likely N-dealkylation sites (N-methyl/N-ethyl adjacent to an activating group) is 1. The maximum Gasteiger partial charge on any atom is 0.266 e. The fourth-order valence-corrected chi connectivity index (χ4v) is 6.74. The first-order valence-electron chi connectivity index (χ1n) is 9.30. The molecule has 1 fully saturated rings. The summed E-state index contributed by atoms with van der Waals surface area (Å²) in [5.41, 5.74) is 1.28. The minimum Gasteiger partial charge on any atom is -0.335 e. The van der Waals surface area contributed by atoms with Gasteiger partial charge < -0.3 is 4.90 Å². The molecule has 0 radical (unpaired) electrons. The molecule has 1 aromatic rings. The molecule has 0 aliphatic carbocycles. The fourth-order valence-electron chi connectivity index (χ4n) is 3.11. The first-order chi connectivity index (χ1) is 12.8. The van der Waals surface area contributed by atoms with Gasteiger partial charge in [0.05, 0.1) is 15.6 Å². The SMILES string of the molecule is CCN1C(=O)C(=CC=C2Sc3ccccc3N2CCC[Si](C)(C)C)SC1=S. The van der Waals surface area contributed by atoms with Gasteiger partial charge in [0.25, 0.3) is 5.91 Å². The predicted molar refractivity (Wildman–Crippen MR) is 126 cm³/mol. The van der Waals surface area contributed by atoms with Gasteiger partial charge in [0, 0.05) is 26.1 Å². The van der Waals surface area contributed by atoms with Crippen LogP contribution in [-0.2, 0) is 4.79 Å². The van der Waals surface area contributed by atoms with E-state index in [1.54, 1.807) is 16.7 Å². The molecule has 3 rings (SSSR count). The van der Waals surface area contributed by atoms with Crippen molar-refractivity contribution in [2.24, 2.45) is 0 Å². The summed E-state index contributed by atoms with van der Waals surface area (Å²) in [5, 5.41) is 1.19. The van der Waals surface area contributed by atoms with E-state index in [0.29, 0.717) is 15.8 Å². The van der Waals surface area contributed by atoms with Gasteiger partial charge in [-0.15, -0.1) is 0 Å². The maximum absolute atomic E-state index is 12.4. The molecule has 1 aromatic carbocycles. The van der Waals surface area contributed by atoms with Crippen molar-refractivity contribution in [2.45, 2.75) is 43.9 Å². The molecule has 0 N–H and O–H groups in total. The monoisotopic (exact) mass is 434 g/mol. The zero-order valence-corrected chi connectivity index (χ0v) is 19.8. The van der Waals surface area contributed by atoms with Gasteiger partial charge in [-0.05, 0) is 37.6 Å². The predicted octanol–water partition coefficient (Wildman–Crippen LogP) is 5.93. The third kappa shape index (κ3) is 4.88. The zero-order chi connectivity index (χ0) is 19.6. The van der Waals surface area contributed by atoms with Gasteiger partial charge >= 0.3 is 0 Å². The second-order valence-corrected chi connectivity index (χ2v) is 16.2. The molecule has 0 unspecified atom stereocenters. The van der Waals surface area contributed by atoms with E-state index in [0.717, 1.165) is 6.54 Å². The lowest BCUT2D eigenvalue weighted by atomic mass is 10.3. The number of hydrogen-bond donors (Lipinski definition) is 0. The van der Waals surface area contributed by atoms with E-state index in [1.807, 2.05) is 13.0 Å². The highest BCUT2D eigenvalue weighted by Crippen LogP contribution is 2.46. The summed E-state index contributed by atoms with van der Waals surface area (Å²) in [7, 11) is -1.04. The van der Waals surface area contributed by atoms with Crippen molar-refractivity contribution in [1.82, 2.24) is 4.90 Å². The Balaban J connectivity index is 1.81. The Morgan fingerprint density at radius 1 is 1.11 bits per heavy atom. The third-order valence-electron chi connectivity index (χ3n) is 4.51. The molecule has 3 nitrogen and oxygen atoms in total. The van der Waals surface area contributed by atoms with Crippen LogP contribution in [0.2, 0.25) is 25.7 Å². The number of amides is 1. The lowest BCUT2D eigenvalue weighted by molar-refractivity contribution is -0.122. The normalized spacial score (nSPS) is 20.3. The number of thioether (sulfide) groups is 2. The molecule has 0 spiro atoms. The number of thiocarbonyl (C=S) groups is 1. The molecule has 0 saturated carbocycles. The quantitative estimate of drug-likeness (QED) is 0.314. The lowest BCUT2D eigenvalue weighted by Gasteiger charge is -2.23. The van der Waals surface area contributed by atoms with Crippen LogP contribution in [0.1, 0.15) is 13.3 Å². The van der Waals surface area contributed by atoms with E-state index in [4.69, 9.17) is 12.2 Å². The topological polar surface area (TPSA) is 23.6 Å². The molecule has 2 aliphatic heterocycles. The van der Waals surface area contributed by atoms with Gasteiger partial charge in [0.2, 0.25) is 0 Å². The molecule has 2 heterocycles. The van der Waals surface area contributed by atoms with Crippen molar-refractivity contribution in [3.8, 4) is 0 Å². The standard InChI is InChI=1S/C20H26N2OS3Si/c1-5-21-19(23)17(26-20(21)24)11-12-18-22(13-8-14-27(2,3)4)15-9-6-7-10-16(15)25-18/h6-7,9-12H,5,8,13-14H2,1-4H3. The summed E-state index contributed by atoms with van der Waals surface area (Å²) in [6, 6.07) is 9.86. The first-order valence-corrected chi connectivity index (χ1v) is 15.0. The number of allylic oxidation sites excluding steroid dienone is 2. The third-order valence-corrected chi connectivity index (χ3v) is 8.89. The van der Waals surface area contributed by atoms with Crippen molar-refractivity contribution >= 4 is 59.7 Å². The van der Waals surface area contributed by atoms with Crippen LogP contribution in [0.3, 0.4) is 0 Å². The summed E-state index contributed by atoms with van der Waals surface area (Å²) in [4.78, 5) is 18.5. The number of benzene rings is 1. The highest BCUT2D eigenvalue weighted by molar-refractivity contribution is 8.26. The minimum atomic E-state index is -1.04. The molecule has 0 aromatic heterocycles. The number of para-hydroxylation sites is 1. The minimum absolute atomic E-state index is 0.0233. The van der Waals surface area contributed by atoms with Crippen LogP contribution in [0.25, 0.3) is 0 Å². The highest BCUT2D eigenvalue weighted by Gasteiger charge is 2.31. The molecule has 27 heavy (non-hydrogen) atoms. The van der Waals surface area contributed by atoms with Crippen LogP contribution >= 0.6 is 35.7 Å². The molecule has 1 saturated heterocycles. The van der Waals surface area contributed by atoms with E-state index in [9.17, 15) is 4.79 Å². The average Bonchev–Trinajstić information content (AvgIpc) is 3.09. The molecule has 7 heteroatoms. The van der Waals surface area contributed by atoms with Crippen molar-refractivity contribution in [2.75, 3.05) is 18.0 Å². The molecular formula is C20H26N2OS3Si. The van der Waals surface area contributed by atoms with E-state index in [-0.39, 0.29) is 5.91 Å². The van der Waals surface area contributed by atoms with Crippen LogP contribution in [0, 0.1) is 0 Å². The number of fused-ring (bicyclic) bond motifs is 1. The summed E-state index contributed by atoms with van der Waals surface area (Å²) in [5.74, 6) is 0.0233. The van der Waals surface area contributed by atoms with E-state index >= 15 is 0 Å². The largest absolute Gasteiger partial charge is 0.335 e. The van der Waals surface area contributed by atoms with Crippen LogP contribution in [0.4, 0.5) is 5.69 Å². The Kier molecular flexibility index (Phi) is 6.56. The molecule has 0 bridgehead atoms. The summed E-state index contributed by atoms with van der Waals surface area (Å²) >= 11 is 8.49. The van der Waals surface area contributed by atoms with Gasteiger partial charge in [-0.25, -0.2) is 0 Å².